The van der Waals surface area contributed by atoms with E-state index in [4.69, 9.17) is 9.47 Å². The first-order valence-electron chi connectivity index (χ1n) is 7.07. The highest BCUT2D eigenvalue weighted by atomic mass is 19.1. The van der Waals surface area contributed by atoms with Gasteiger partial charge in [0.25, 0.3) is 0 Å². The fraction of sp³-hybridized carbons (Fsp3) is 0.167. The van der Waals surface area contributed by atoms with Crippen LogP contribution < -0.4 is 9.47 Å². The molecule has 2 aromatic carbocycles. The minimum absolute atomic E-state index is 0.0672. The molecule has 4 nitrogen and oxygen atoms in total. The second-order valence-electron chi connectivity index (χ2n) is 4.71. The van der Waals surface area contributed by atoms with E-state index in [1.165, 1.54) is 37.5 Å². The molecule has 0 aromatic heterocycles. The zero-order chi connectivity index (χ0) is 16.8. The lowest BCUT2D eigenvalue weighted by atomic mass is 10.0. The van der Waals surface area contributed by atoms with Crippen molar-refractivity contribution in [3.05, 3.63) is 59.4 Å². The number of ether oxygens (including phenoxy) is 2. The molecule has 0 fully saturated rings. The molecular weight excluding hydrogens is 299 g/mol. The van der Waals surface area contributed by atoms with Gasteiger partial charge in [0.15, 0.2) is 11.5 Å². The van der Waals surface area contributed by atoms with E-state index in [9.17, 15) is 14.3 Å². The second-order valence-corrected chi connectivity index (χ2v) is 4.71. The summed E-state index contributed by atoms with van der Waals surface area (Å²) in [6.45, 7) is 2.32. The number of hydrogen-bond acceptors (Lipinski definition) is 3. The van der Waals surface area contributed by atoms with Crippen molar-refractivity contribution in [3.8, 4) is 11.5 Å². The summed E-state index contributed by atoms with van der Waals surface area (Å²) in [7, 11) is 1.54. The summed E-state index contributed by atoms with van der Waals surface area (Å²) >= 11 is 0. The third kappa shape index (κ3) is 4.10. The zero-order valence-corrected chi connectivity index (χ0v) is 12.9. The molecule has 0 aliphatic rings. The standard InChI is InChI=1S/C18H17FO4/c1-3-23-17-11-12(4-9-16(17)22-2)10-15(18(20)21)13-5-7-14(19)8-6-13/h4-11H,3H2,1-2H3,(H,20,21)/b15-10-. The molecule has 1 N–H and O–H groups in total. The van der Waals surface area contributed by atoms with Crippen molar-refractivity contribution in [2.75, 3.05) is 13.7 Å². The first-order chi connectivity index (χ1) is 11.0. The van der Waals surface area contributed by atoms with E-state index in [0.717, 1.165) is 0 Å². The van der Waals surface area contributed by atoms with Gasteiger partial charge in [0, 0.05) is 0 Å². The van der Waals surface area contributed by atoms with Crippen molar-refractivity contribution < 1.29 is 23.8 Å². The number of carboxylic acid groups (broad SMARTS) is 1. The molecule has 0 saturated carbocycles. The highest BCUT2D eigenvalue weighted by Gasteiger charge is 2.12. The lowest BCUT2D eigenvalue weighted by Gasteiger charge is -2.10. The summed E-state index contributed by atoms with van der Waals surface area (Å²) in [5.41, 5.74) is 1.14. The maximum atomic E-state index is 13.0. The Morgan fingerprint density at radius 1 is 1.17 bits per heavy atom. The summed E-state index contributed by atoms with van der Waals surface area (Å²) in [5.74, 6) is -0.401. The Morgan fingerprint density at radius 2 is 1.87 bits per heavy atom. The van der Waals surface area contributed by atoms with Crippen LogP contribution in [-0.4, -0.2) is 24.8 Å². The Morgan fingerprint density at radius 3 is 2.43 bits per heavy atom. The van der Waals surface area contributed by atoms with E-state index < -0.39 is 11.8 Å². The average Bonchev–Trinajstić information content (AvgIpc) is 2.54. The van der Waals surface area contributed by atoms with Crippen molar-refractivity contribution in [3.63, 3.8) is 0 Å². The van der Waals surface area contributed by atoms with Crippen LogP contribution in [0.3, 0.4) is 0 Å². The van der Waals surface area contributed by atoms with Crippen LogP contribution in [-0.2, 0) is 4.79 Å². The van der Waals surface area contributed by atoms with Crippen LogP contribution in [0.2, 0.25) is 0 Å². The fourth-order valence-corrected chi connectivity index (χ4v) is 2.12. The highest BCUT2D eigenvalue weighted by molar-refractivity contribution is 6.20. The van der Waals surface area contributed by atoms with Gasteiger partial charge in [-0.25, -0.2) is 9.18 Å². The van der Waals surface area contributed by atoms with E-state index in [-0.39, 0.29) is 5.57 Å². The van der Waals surface area contributed by atoms with E-state index >= 15 is 0 Å². The Hall–Kier alpha value is -2.82. The number of halogens is 1. The number of rotatable bonds is 6. The number of carboxylic acids is 1. The minimum Gasteiger partial charge on any atom is -0.493 e. The van der Waals surface area contributed by atoms with Gasteiger partial charge >= 0.3 is 5.97 Å². The first kappa shape index (κ1) is 16.5. The van der Waals surface area contributed by atoms with Gasteiger partial charge in [-0.2, -0.15) is 0 Å². The molecular formula is C18H17FO4. The van der Waals surface area contributed by atoms with Crippen LogP contribution in [0.1, 0.15) is 18.1 Å². The van der Waals surface area contributed by atoms with Crippen molar-refractivity contribution in [1.29, 1.82) is 0 Å². The van der Waals surface area contributed by atoms with E-state index in [2.05, 4.69) is 0 Å². The molecule has 0 aliphatic carbocycles. The highest BCUT2D eigenvalue weighted by Crippen LogP contribution is 2.30. The van der Waals surface area contributed by atoms with Crippen LogP contribution in [0, 0.1) is 5.82 Å². The predicted molar refractivity (Wildman–Crippen MR) is 86.1 cm³/mol. The topological polar surface area (TPSA) is 55.8 Å². The average molecular weight is 316 g/mol. The Bertz CT molecular complexity index is 720. The molecule has 0 unspecified atom stereocenters. The number of hydrogen-bond donors (Lipinski definition) is 1. The molecule has 0 radical (unpaired) electrons. The molecule has 0 heterocycles. The quantitative estimate of drug-likeness (QED) is 0.649. The van der Waals surface area contributed by atoms with Crippen LogP contribution in [0.25, 0.3) is 11.6 Å². The van der Waals surface area contributed by atoms with Crippen molar-refractivity contribution in [2.24, 2.45) is 0 Å². The Balaban J connectivity index is 2.45. The van der Waals surface area contributed by atoms with Crippen LogP contribution >= 0.6 is 0 Å². The van der Waals surface area contributed by atoms with Crippen molar-refractivity contribution in [2.45, 2.75) is 6.92 Å². The van der Waals surface area contributed by atoms with Crippen molar-refractivity contribution >= 4 is 17.6 Å². The predicted octanol–water partition coefficient (Wildman–Crippen LogP) is 3.86. The normalized spacial score (nSPS) is 11.2. The van der Waals surface area contributed by atoms with Gasteiger partial charge in [-0.1, -0.05) is 18.2 Å². The third-order valence-electron chi connectivity index (χ3n) is 3.18. The second kappa shape index (κ2) is 7.45. The van der Waals surface area contributed by atoms with Crippen LogP contribution in [0.5, 0.6) is 11.5 Å². The Labute approximate surface area is 133 Å². The molecule has 2 rings (SSSR count). The largest absolute Gasteiger partial charge is 0.493 e. The smallest absolute Gasteiger partial charge is 0.336 e. The van der Waals surface area contributed by atoms with Gasteiger partial charge in [-0.05, 0) is 48.4 Å². The molecule has 0 aliphatic heterocycles. The summed E-state index contributed by atoms with van der Waals surface area (Å²) in [5, 5.41) is 9.41. The maximum Gasteiger partial charge on any atom is 0.336 e. The van der Waals surface area contributed by atoms with Gasteiger partial charge in [-0.3, -0.25) is 0 Å². The molecule has 120 valence electrons. The summed E-state index contributed by atoms with van der Waals surface area (Å²) in [4.78, 5) is 11.5. The number of benzene rings is 2. The van der Waals surface area contributed by atoms with E-state index in [1.807, 2.05) is 6.92 Å². The maximum absolute atomic E-state index is 13.0. The van der Waals surface area contributed by atoms with Gasteiger partial charge in [-0.15, -0.1) is 0 Å². The third-order valence-corrected chi connectivity index (χ3v) is 3.18. The number of carbonyl (C=O) groups is 1. The summed E-state index contributed by atoms with van der Waals surface area (Å²) in [6, 6.07) is 10.5. The molecule has 0 spiro atoms. The van der Waals surface area contributed by atoms with E-state index in [0.29, 0.717) is 29.2 Å². The number of aliphatic carboxylic acids is 1. The van der Waals surface area contributed by atoms with Gasteiger partial charge in [0.2, 0.25) is 0 Å². The molecule has 0 bridgehead atoms. The monoisotopic (exact) mass is 316 g/mol. The molecule has 0 atom stereocenters. The van der Waals surface area contributed by atoms with Gasteiger partial charge < -0.3 is 14.6 Å². The zero-order valence-electron chi connectivity index (χ0n) is 12.9. The Kier molecular flexibility index (Phi) is 5.36. The van der Waals surface area contributed by atoms with Crippen molar-refractivity contribution in [1.82, 2.24) is 0 Å². The number of methoxy groups -OCH3 is 1. The van der Waals surface area contributed by atoms with Crippen LogP contribution in [0.15, 0.2) is 42.5 Å². The summed E-state index contributed by atoms with van der Waals surface area (Å²) in [6.07, 6.45) is 1.51. The first-order valence-corrected chi connectivity index (χ1v) is 7.07. The van der Waals surface area contributed by atoms with Gasteiger partial charge in [0.1, 0.15) is 5.82 Å². The minimum atomic E-state index is -1.09. The molecule has 0 amide bonds. The summed E-state index contributed by atoms with van der Waals surface area (Å²) < 4.78 is 23.7. The molecule has 5 heteroatoms. The van der Waals surface area contributed by atoms with Gasteiger partial charge in [0.05, 0.1) is 19.3 Å². The SMILES string of the molecule is CCOc1cc(/C=C(\C(=O)O)c2ccc(F)cc2)ccc1OC. The molecule has 2 aromatic rings. The lowest BCUT2D eigenvalue weighted by Crippen LogP contribution is -2.00. The molecule has 0 saturated heterocycles. The van der Waals surface area contributed by atoms with Crippen LogP contribution in [0.4, 0.5) is 4.39 Å². The lowest BCUT2D eigenvalue weighted by molar-refractivity contribution is -0.130. The fourth-order valence-electron chi connectivity index (χ4n) is 2.12. The molecule has 23 heavy (non-hydrogen) atoms. The van der Waals surface area contributed by atoms with E-state index in [1.54, 1.807) is 18.2 Å².